The van der Waals surface area contributed by atoms with Crippen LogP contribution in [0.3, 0.4) is 0 Å². The Morgan fingerprint density at radius 2 is 0.677 bits per heavy atom. The van der Waals surface area contributed by atoms with Crippen LogP contribution in [0.1, 0.15) is 25.0 Å². The molecule has 2 heteroatoms. The molecule has 1 aliphatic heterocycles. The minimum absolute atomic E-state index is 0.115. The van der Waals surface area contributed by atoms with Crippen LogP contribution in [-0.2, 0) is 5.41 Å². The molecule has 0 amide bonds. The van der Waals surface area contributed by atoms with Crippen molar-refractivity contribution in [2.24, 2.45) is 0 Å². The van der Waals surface area contributed by atoms with Gasteiger partial charge in [-0.15, -0.1) is 0 Å². The second-order valence-electron chi connectivity index (χ2n) is 17.4. The van der Waals surface area contributed by atoms with Crippen molar-refractivity contribution in [3.8, 4) is 55.6 Å². The molecule has 11 rings (SSSR count). The summed E-state index contributed by atoms with van der Waals surface area (Å²) in [5.41, 5.74) is 21.2. The summed E-state index contributed by atoms with van der Waals surface area (Å²) in [6.07, 6.45) is 0. The second-order valence-corrected chi connectivity index (χ2v) is 17.4. The van der Waals surface area contributed by atoms with E-state index >= 15 is 0 Å². The van der Waals surface area contributed by atoms with Crippen LogP contribution in [-0.4, -0.2) is 0 Å². The van der Waals surface area contributed by atoms with Gasteiger partial charge in [0.15, 0.2) is 0 Å². The first kappa shape index (κ1) is 39.6. The molecule has 0 spiro atoms. The van der Waals surface area contributed by atoms with Crippen LogP contribution in [0.4, 0.5) is 34.1 Å². The largest absolute Gasteiger partial charge is 0.310 e. The Bertz CT molecular complexity index is 3090. The van der Waals surface area contributed by atoms with Gasteiger partial charge in [0.25, 0.3) is 0 Å². The van der Waals surface area contributed by atoms with Gasteiger partial charge in [-0.05, 0) is 127 Å². The molecule has 0 unspecified atom stereocenters. The van der Waals surface area contributed by atoms with E-state index in [0.29, 0.717) is 0 Å². The summed E-state index contributed by atoms with van der Waals surface area (Å²) >= 11 is 0. The van der Waals surface area contributed by atoms with Crippen LogP contribution in [0.2, 0.25) is 0 Å². The van der Waals surface area contributed by atoms with Gasteiger partial charge in [0.05, 0.1) is 11.4 Å². The molecule has 0 aliphatic carbocycles. The summed E-state index contributed by atoms with van der Waals surface area (Å²) in [5, 5.41) is 0. The molecule has 2 nitrogen and oxygen atoms in total. The smallest absolute Gasteiger partial charge is 0.0502 e. The van der Waals surface area contributed by atoms with E-state index in [1.165, 1.54) is 67.0 Å². The zero-order chi connectivity index (χ0) is 43.7. The Labute approximate surface area is 383 Å². The Morgan fingerprint density at radius 1 is 0.292 bits per heavy atom. The fraction of sp³-hybridized carbons (Fsp3) is 0.0476. The summed E-state index contributed by atoms with van der Waals surface area (Å²) in [6, 6.07) is 92.6. The number of benzene rings is 10. The number of anilines is 6. The number of hydrogen-bond donors (Lipinski definition) is 0. The van der Waals surface area contributed by atoms with Gasteiger partial charge in [-0.2, -0.15) is 0 Å². The number of hydrogen-bond acceptors (Lipinski definition) is 2. The van der Waals surface area contributed by atoms with Crippen molar-refractivity contribution < 1.29 is 0 Å². The number of fused-ring (bicyclic) bond motifs is 2. The lowest BCUT2D eigenvalue weighted by Crippen LogP contribution is -2.30. The molecule has 0 aromatic heterocycles. The van der Waals surface area contributed by atoms with Crippen LogP contribution in [0, 0.1) is 0 Å². The lowest BCUT2D eigenvalue weighted by molar-refractivity contribution is 0.632. The van der Waals surface area contributed by atoms with Gasteiger partial charge < -0.3 is 9.80 Å². The standard InChI is InChI=1S/C63H48N2/c1-63(2)59-30-15-17-32-61(59)65(62-33-18-16-31-60(62)63)52-29-19-28-50(42-52)45-34-36-51(37-35-45)64(53-38-40-55(46-20-7-3-8-21-46)57(43-53)48-24-11-5-12-25-48)54-39-41-56(47-22-9-4-10-23-47)58(44-54)49-26-13-6-14-27-49/h3-44H,1-2H3. The van der Waals surface area contributed by atoms with E-state index in [1.54, 1.807) is 0 Å². The van der Waals surface area contributed by atoms with E-state index in [4.69, 9.17) is 0 Å². The predicted molar refractivity (Wildman–Crippen MR) is 275 cm³/mol. The van der Waals surface area contributed by atoms with Crippen LogP contribution in [0.5, 0.6) is 0 Å². The molecule has 0 saturated heterocycles. The van der Waals surface area contributed by atoms with E-state index in [-0.39, 0.29) is 5.41 Å². The van der Waals surface area contributed by atoms with Gasteiger partial charge in [0, 0.05) is 28.2 Å². The van der Waals surface area contributed by atoms with Crippen molar-refractivity contribution in [2.45, 2.75) is 19.3 Å². The predicted octanol–water partition coefficient (Wildman–Crippen LogP) is 17.6. The molecule has 0 radical (unpaired) electrons. The highest BCUT2D eigenvalue weighted by atomic mass is 15.2. The van der Waals surface area contributed by atoms with Crippen molar-refractivity contribution in [2.75, 3.05) is 9.80 Å². The van der Waals surface area contributed by atoms with Gasteiger partial charge in [-0.1, -0.05) is 208 Å². The van der Waals surface area contributed by atoms with Crippen molar-refractivity contribution in [3.63, 3.8) is 0 Å². The third kappa shape index (κ3) is 7.39. The van der Waals surface area contributed by atoms with Crippen molar-refractivity contribution in [3.05, 3.63) is 266 Å². The highest BCUT2D eigenvalue weighted by molar-refractivity contribution is 5.93. The van der Waals surface area contributed by atoms with E-state index in [1.807, 2.05) is 0 Å². The molecule has 0 bridgehead atoms. The first-order valence-corrected chi connectivity index (χ1v) is 22.5. The molecule has 1 aliphatic rings. The molecule has 310 valence electrons. The summed E-state index contributed by atoms with van der Waals surface area (Å²) in [4.78, 5) is 4.84. The minimum Gasteiger partial charge on any atom is -0.310 e. The minimum atomic E-state index is -0.115. The third-order valence-corrected chi connectivity index (χ3v) is 13.1. The first-order valence-electron chi connectivity index (χ1n) is 22.5. The topological polar surface area (TPSA) is 6.48 Å². The zero-order valence-electron chi connectivity index (χ0n) is 36.6. The normalized spacial score (nSPS) is 12.6. The van der Waals surface area contributed by atoms with E-state index < -0.39 is 0 Å². The summed E-state index contributed by atoms with van der Waals surface area (Å²) in [7, 11) is 0. The molecule has 1 heterocycles. The highest BCUT2D eigenvalue weighted by Crippen LogP contribution is 2.52. The lowest BCUT2D eigenvalue weighted by atomic mass is 9.73. The van der Waals surface area contributed by atoms with Crippen molar-refractivity contribution >= 4 is 34.1 Å². The van der Waals surface area contributed by atoms with Gasteiger partial charge in [-0.25, -0.2) is 0 Å². The Hall–Kier alpha value is -8.20. The van der Waals surface area contributed by atoms with Crippen LogP contribution in [0.15, 0.2) is 255 Å². The average Bonchev–Trinajstić information content (AvgIpc) is 3.38. The molecule has 0 atom stereocenters. The maximum atomic E-state index is 2.43. The van der Waals surface area contributed by atoms with Crippen LogP contribution < -0.4 is 9.80 Å². The van der Waals surface area contributed by atoms with E-state index in [9.17, 15) is 0 Å². The Kier molecular flexibility index (Phi) is 10.3. The number of rotatable bonds is 9. The fourth-order valence-electron chi connectivity index (χ4n) is 9.82. The van der Waals surface area contributed by atoms with E-state index in [2.05, 4.69) is 278 Å². The maximum Gasteiger partial charge on any atom is 0.0502 e. The average molecular weight is 833 g/mol. The van der Waals surface area contributed by atoms with Crippen LogP contribution in [0.25, 0.3) is 55.6 Å². The van der Waals surface area contributed by atoms with Gasteiger partial charge in [-0.3, -0.25) is 0 Å². The van der Waals surface area contributed by atoms with Crippen LogP contribution >= 0.6 is 0 Å². The summed E-state index contributed by atoms with van der Waals surface area (Å²) < 4.78 is 0. The fourth-order valence-corrected chi connectivity index (χ4v) is 9.82. The summed E-state index contributed by atoms with van der Waals surface area (Å²) in [5.74, 6) is 0. The number of nitrogens with zero attached hydrogens (tertiary/aromatic N) is 2. The molecule has 0 N–H and O–H groups in total. The first-order chi connectivity index (χ1) is 32.0. The SMILES string of the molecule is CC1(C)c2ccccc2N(c2cccc(-c3ccc(N(c4ccc(-c5ccccc5)c(-c5ccccc5)c4)c4ccc(-c5ccccc5)c(-c5ccccc5)c4)cc3)c2)c2ccccc21. The molecule has 10 aromatic carbocycles. The second kappa shape index (κ2) is 16.8. The Balaban J connectivity index is 1.05. The molecule has 10 aromatic rings. The molecular formula is C63H48N2. The molecular weight excluding hydrogens is 785 g/mol. The van der Waals surface area contributed by atoms with Crippen molar-refractivity contribution in [1.29, 1.82) is 0 Å². The number of para-hydroxylation sites is 2. The third-order valence-electron chi connectivity index (χ3n) is 13.1. The van der Waals surface area contributed by atoms with Gasteiger partial charge >= 0.3 is 0 Å². The monoisotopic (exact) mass is 832 g/mol. The molecule has 0 saturated carbocycles. The summed E-state index contributed by atoms with van der Waals surface area (Å²) in [6.45, 7) is 4.67. The maximum absolute atomic E-state index is 2.43. The van der Waals surface area contributed by atoms with Crippen molar-refractivity contribution in [1.82, 2.24) is 0 Å². The molecule has 0 fully saturated rings. The van der Waals surface area contributed by atoms with Gasteiger partial charge in [0.1, 0.15) is 0 Å². The highest BCUT2D eigenvalue weighted by Gasteiger charge is 2.36. The quantitative estimate of drug-likeness (QED) is 0.143. The lowest BCUT2D eigenvalue weighted by Gasteiger charge is -2.42. The zero-order valence-corrected chi connectivity index (χ0v) is 36.6. The van der Waals surface area contributed by atoms with E-state index in [0.717, 1.165) is 33.9 Å². The molecule has 65 heavy (non-hydrogen) atoms. The Morgan fingerprint density at radius 3 is 1.14 bits per heavy atom. The van der Waals surface area contributed by atoms with Gasteiger partial charge in [0.2, 0.25) is 0 Å².